The molecule has 0 aromatic heterocycles. The molecule has 1 heterocycles. The zero-order valence-corrected chi connectivity index (χ0v) is 18.0. The van der Waals surface area contributed by atoms with Crippen molar-refractivity contribution in [1.29, 1.82) is 0 Å². The quantitative estimate of drug-likeness (QED) is 0.716. The van der Waals surface area contributed by atoms with Crippen LogP contribution in [0.4, 0.5) is 18.9 Å². The Hall–Kier alpha value is -2.32. The van der Waals surface area contributed by atoms with Crippen molar-refractivity contribution >= 4 is 24.2 Å². The molecule has 0 spiro atoms. The summed E-state index contributed by atoms with van der Waals surface area (Å²) in [6.45, 7) is 7.91. The number of carbonyl (C=O) groups is 1. The van der Waals surface area contributed by atoms with Gasteiger partial charge in [0, 0.05) is 5.69 Å². The first-order valence-corrected chi connectivity index (χ1v) is 10.3. The number of benzene rings is 2. The van der Waals surface area contributed by atoms with E-state index in [9.17, 15) is 18.0 Å². The molecule has 0 radical (unpaired) electrons. The minimum atomic E-state index is -4.44. The van der Waals surface area contributed by atoms with Gasteiger partial charge in [-0.05, 0) is 69.8 Å². The molecule has 2 aliphatic rings. The summed E-state index contributed by atoms with van der Waals surface area (Å²) in [5.41, 5.74) is -0.753. The number of carbonyl (C=O) groups excluding carboxylic acids is 1. The van der Waals surface area contributed by atoms with Gasteiger partial charge in [0.15, 0.2) is 0 Å². The molecular formula is C23H25BF3NO3. The molecule has 0 unspecified atom stereocenters. The van der Waals surface area contributed by atoms with E-state index in [1.807, 2.05) is 39.8 Å². The third-order valence-electron chi connectivity index (χ3n) is 6.62. The molecule has 4 nitrogen and oxygen atoms in total. The third kappa shape index (κ3) is 3.99. The molecule has 1 amide bonds. The van der Waals surface area contributed by atoms with Crippen LogP contribution in [-0.4, -0.2) is 24.2 Å². The fourth-order valence-electron chi connectivity index (χ4n) is 3.72. The zero-order valence-electron chi connectivity index (χ0n) is 18.0. The second-order valence-electron chi connectivity index (χ2n) is 9.33. The fraction of sp³-hybridized carbons (Fsp3) is 0.435. The SMILES string of the molecule is CC1(C)OB(c2ccc(NC(=O)C3(c4cccc(C(F)(F)F)c4)CC3)cc2)OC1(C)C. The number of amides is 1. The van der Waals surface area contributed by atoms with Gasteiger partial charge in [-0.3, -0.25) is 4.79 Å². The molecule has 0 atom stereocenters. The number of rotatable bonds is 4. The highest BCUT2D eigenvalue weighted by atomic mass is 19.4. The summed E-state index contributed by atoms with van der Waals surface area (Å²) in [5.74, 6) is -0.296. The molecule has 2 aromatic rings. The van der Waals surface area contributed by atoms with E-state index < -0.39 is 35.5 Å². The van der Waals surface area contributed by atoms with Gasteiger partial charge in [0.05, 0.1) is 22.2 Å². The van der Waals surface area contributed by atoms with Gasteiger partial charge in [0.25, 0.3) is 0 Å². The molecule has 0 bridgehead atoms. The second-order valence-corrected chi connectivity index (χ2v) is 9.33. The normalized spacial score (nSPS) is 21.1. The van der Waals surface area contributed by atoms with Crippen LogP contribution in [0.3, 0.4) is 0 Å². The lowest BCUT2D eigenvalue weighted by atomic mass is 9.79. The first-order valence-electron chi connectivity index (χ1n) is 10.3. The van der Waals surface area contributed by atoms with Gasteiger partial charge >= 0.3 is 13.3 Å². The van der Waals surface area contributed by atoms with Crippen LogP contribution in [0.15, 0.2) is 48.5 Å². The summed E-state index contributed by atoms with van der Waals surface area (Å²) < 4.78 is 51.3. The topological polar surface area (TPSA) is 47.6 Å². The van der Waals surface area contributed by atoms with Crippen molar-refractivity contribution < 1.29 is 27.3 Å². The van der Waals surface area contributed by atoms with Crippen LogP contribution >= 0.6 is 0 Å². The lowest BCUT2D eigenvalue weighted by Crippen LogP contribution is -2.41. The molecule has 31 heavy (non-hydrogen) atoms. The van der Waals surface area contributed by atoms with Crippen LogP contribution in [0.1, 0.15) is 51.7 Å². The van der Waals surface area contributed by atoms with E-state index in [0.29, 0.717) is 24.1 Å². The van der Waals surface area contributed by atoms with Crippen LogP contribution < -0.4 is 10.8 Å². The molecule has 164 valence electrons. The molecule has 1 aliphatic heterocycles. The van der Waals surface area contributed by atoms with E-state index >= 15 is 0 Å². The van der Waals surface area contributed by atoms with E-state index in [-0.39, 0.29) is 5.91 Å². The highest BCUT2D eigenvalue weighted by molar-refractivity contribution is 6.62. The summed E-state index contributed by atoms with van der Waals surface area (Å²) in [7, 11) is -0.505. The number of anilines is 1. The first kappa shape index (κ1) is 21.9. The summed E-state index contributed by atoms with van der Waals surface area (Å²) in [5, 5.41) is 2.85. The fourth-order valence-corrected chi connectivity index (χ4v) is 3.72. The monoisotopic (exact) mass is 431 g/mol. The Morgan fingerprint density at radius 1 is 0.968 bits per heavy atom. The lowest BCUT2D eigenvalue weighted by Gasteiger charge is -2.32. The molecule has 1 N–H and O–H groups in total. The standard InChI is InChI=1S/C23H25BF3NO3/c1-20(2)21(3,4)31-24(30-20)17-8-10-18(11-9-17)28-19(29)22(12-13-22)15-6-5-7-16(14-15)23(25,26)27/h5-11,14H,12-13H2,1-4H3,(H,28,29). The number of hydrogen-bond donors (Lipinski definition) is 1. The van der Waals surface area contributed by atoms with E-state index in [2.05, 4.69) is 5.32 Å². The summed E-state index contributed by atoms with van der Waals surface area (Å²) in [6, 6.07) is 12.2. The van der Waals surface area contributed by atoms with Crippen molar-refractivity contribution in [3.05, 3.63) is 59.7 Å². The Balaban J connectivity index is 1.47. The zero-order chi connectivity index (χ0) is 22.7. The van der Waals surface area contributed by atoms with Gasteiger partial charge in [-0.2, -0.15) is 13.2 Å². The van der Waals surface area contributed by atoms with Crippen LogP contribution in [0.25, 0.3) is 0 Å². The molecule has 4 rings (SSSR count). The van der Waals surface area contributed by atoms with E-state index in [0.717, 1.165) is 17.6 Å². The molecule has 1 saturated carbocycles. The summed E-state index contributed by atoms with van der Waals surface area (Å²) in [6.07, 6.45) is -3.40. The smallest absolute Gasteiger partial charge is 0.399 e. The van der Waals surface area contributed by atoms with Gasteiger partial charge in [-0.15, -0.1) is 0 Å². The Morgan fingerprint density at radius 2 is 1.55 bits per heavy atom. The molecular weight excluding hydrogens is 406 g/mol. The largest absolute Gasteiger partial charge is 0.494 e. The van der Waals surface area contributed by atoms with Gasteiger partial charge in [-0.1, -0.05) is 30.3 Å². The van der Waals surface area contributed by atoms with Crippen molar-refractivity contribution in [3.63, 3.8) is 0 Å². The molecule has 1 saturated heterocycles. The highest BCUT2D eigenvalue weighted by Crippen LogP contribution is 2.50. The van der Waals surface area contributed by atoms with E-state index in [1.165, 1.54) is 6.07 Å². The Kier molecular flexibility index (Phi) is 5.02. The van der Waals surface area contributed by atoms with Crippen LogP contribution in [0, 0.1) is 0 Å². The number of halogens is 3. The van der Waals surface area contributed by atoms with E-state index in [1.54, 1.807) is 18.2 Å². The van der Waals surface area contributed by atoms with Gasteiger partial charge in [0.1, 0.15) is 0 Å². The molecule has 1 aliphatic carbocycles. The third-order valence-corrected chi connectivity index (χ3v) is 6.62. The van der Waals surface area contributed by atoms with Gasteiger partial charge in [0.2, 0.25) is 5.91 Å². The Bertz CT molecular complexity index is 982. The molecule has 2 fully saturated rings. The predicted molar refractivity (Wildman–Crippen MR) is 113 cm³/mol. The maximum absolute atomic E-state index is 13.1. The maximum atomic E-state index is 13.1. The Morgan fingerprint density at radius 3 is 2.06 bits per heavy atom. The van der Waals surface area contributed by atoms with Crippen LogP contribution in [-0.2, 0) is 25.7 Å². The van der Waals surface area contributed by atoms with Crippen LogP contribution in [0.2, 0.25) is 0 Å². The molecule has 2 aromatic carbocycles. The molecule has 8 heteroatoms. The van der Waals surface area contributed by atoms with Crippen molar-refractivity contribution in [2.24, 2.45) is 0 Å². The average molecular weight is 431 g/mol. The first-order chi connectivity index (χ1) is 14.3. The van der Waals surface area contributed by atoms with E-state index in [4.69, 9.17) is 9.31 Å². The van der Waals surface area contributed by atoms with Crippen molar-refractivity contribution in [2.75, 3.05) is 5.32 Å². The second kappa shape index (κ2) is 7.10. The minimum absolute atomic E-state index is 0.296. The summed E-state index contributed by atoms with van der Waals surface area (Å²) in [4.78, 5) is 12.9. The Labute approximate surface area is 180 Å². The van der Waals surface area contributed by atoms with Crippen molar-refractivity contribution in [1.82, 2.24) is 0 Å². The lowest BCUT2D eigenvalue weighted by molar-refractivity contribution is -0.137. The summed E-state index contributed by atoms with van der Waals surface area (Å²) >= 11 is 0. The maximum Gasteiger partial charge on any atom is 0.494 e. The minimum Gasteiger partial charge on any atom is -0.399 e. The van der Waals surface area contributed by atoms with Crippen molar-refractivity contribution in [3.8, 4) is 0 Å². The number of alkyl halides is 3. The van der Waals surface area contributed by atoms with Gasteiger partial charge in [-0.25, -0.2) is 0 Å². The van der Waals surface area contributed by atoms with Crippen molar-refractivity contribution in [2.45, 2.75) is 63.3 Å². The van der Waals surface area contributed by atoms with Crippen LogP contribution in [0.5, 0.6) is 0 Å². The average Bonchev–Trinajstić information content (AvgIpc) is 3.45. The van der Waals surface area contributed by atoms with Gasteiger partial charge < -0.3 is 14.6 Å². The number of nitrogens with one attached hydrogen (secondary N) is 1. The predicted octanol–water partition coefficient (Wildman–Crippen LogP) is 4.67. The highest BCUT2D eigenvalue weighted by Gasteiger charge is 2.53. The number of hydrogen-bond acceptors (Lipinski definition) is 3.